The van der Waals surface area contributed by atoms with Gasteiger partial charge in [0.25, 0.3) is 10.0 Å². The number of para-hydroxylation sites is 1. The number of nitrogens with zero attached hydrogens (tertiary/aromatic N) is 2. The van der Waals surface area contributed by atoms with Gasteiger partial charge in [-0.15, -0.1) is 4.40 Å². The van der Waals surface area contributed by atoms with Crippen molar-refractivity contribution in [2.24, 2.45) is 4.40 Å². The maximum absolute atomic E-state index is 12.5. The second-order valence-corrected chi connectivity index (χ2v) is 7.80. The van der Waals surface area contributed by atoms with Crippen LogP contribution in [-0.2, 0) is 21.4 Å². The van der Waals surface area contributed by atoms with Gasteiger partial charge in [0, 0.05) is 24.8 Å². The van der Waals surface area contributed by atoms with Crippen LogP contribution in [0.3, 0.4) is 0 Å². The fraction of sp³-hybridized carbons (Fsp3) is 0.263. The topological polar surface area (TPSA) is 90.9 Å². The molecule has 7 nitrogen and oxygen atoms in total. The van der Waals surface area contributed by atoms with Gasteiger partial charge in [-0.2, -0.15) is 8.42 Å². The molecular formula is C19H22N4O3S. The number of likely N-dealkylation sites (N-methyl/N-ethyl adjacent to an activating group) is 1. The van der Waals surface area contributed by atoms with Crippen molar-refractivity contribution in [2.75, 3.05) is 25.5 Å². The third-order valence-electron chi connectivity index (χ3n) is 4.21. The Morgan fingerprint density at radius 3 is 2.59 bits per heavy atom. The third kappa shape index (κ3) is 4.17. The number of anilines is 1. The van der Waals surface area contributed by atoms with Gasteiger partial charge < -0.3 is 15.5 Å². The van der Waals surface area contributed by atoms with Gasteiger partial charge in [-0.3, -0.25) is 4.79 Å². The highest BCUT2D eigenvalue weighted by Crippen LogP contribution is 2.26. The number of rotatable bonds is 6. The predicted molar refractivity (Wildman–Crippen MR) is 105 cm³/mol. The van der Waals surface area contributed by atoms with E-state index >= 15 is 0 Å². The lowest BCUT2D eigenvalue weighted by Crippen LogP contribution is -2.35. The van der Waals surface area contributed by atoms with Gasteiger partial charge in [-0.25, -0.2) is 0 Å². The summed E-state index contributed by atoms with van der Waals surface area (Å²) in [7, 11) is -2.05. The zero-order valence-electron chi connectivity index (χ0n) is 15.3. The summed E-state index contributed by atoms with van der Waals surface area (Å²) in [5.74, 6) is 0.0348. The Morgan fingerprint density at radius 1 is 1.11 bits per heavy atom. The van der Waals surface area contributed by atoms with Crippen LogP contribution >= 0.6 is 0 Å². The number of amides is 1. The highest BCUT2D eigenvalue weighted by molar-refractivity contribution is 7.90. The molecule has 0 saturated carbocycles. The number of carbonyl (C=O) groups is 1. The van der Waals surface area contributed by atoms with Crippen molar-refractivity contribution < 1.29 is 13.2 Å². The summed E-state index contributed by atoms with van der Waals surface area (Å²) in [6.07, 6.45) is 0. The molecule has 0 bridgehead atoms. The first-order valence-corrected chi connectivity index (χ1v) is 10.1. The molecule has 0 spiro atoms. The van der Waals surface area contributed by atoms with Crippen LogP contribution in [0.15, 0.2) is 57.8 Å². The number of hydrogen-bond donors (Lipinski definition) is 2. The molecule has 0 saturated heterocycles. The maximum Gasteiger partial charge on any atom is 0.285 e. The van der Waals surface area contributed by atoms with Gasteiger partial charge in [0.15, 0.2) is 5.84 Å². The minimum Gasteiger partial charge on any atom is -0.349 e. The van der Waals surface area contributed by atoms with E-state index in [4.69, 9.17) is 0 Å². The monoisotopic (exact) mass is 386 g/mol. The second kappa shape index (κ2) is 7.89. The zero-order chi connectivity index (χ0) is 19.4. The number of carbonyl (C=O) groups excluding carboxylic acids is 1. The molecule has 1 amide bonds. The minimum absolute atomic E-state index is 0.0156. The lowest BCUT2D eigenvalue weighted by atomic mass is 10.1. The van der Waals surface area contributed by atoms with Gasteiger partial charge in [0.2, 0.25) is 5.91 Å². The highest BCUT2D eigenvalue weighted by Gasteiger charge is 2.30. The summed E-state index contributed by atoms with van der Waals surface area (Å²) in [5.41, 5.74) is 2.24. The van der Waals surface area contributed by atoms with Crippen molar-refractivity contribution in [1.82, 2.24) is 10.2 Å². The number of benzene rings is 2. The van der Waals surface area contributed by atoms with Gasteiger partial charge in [0.05, 0.1) is 6.54 Å². The van der Waals surface area contributed by atoms with Crippen molar-refractivity contribution in [3.05, 3.63) is 59.7 Å². The summed E-state index contributed by atoms with van der Waals surface area (Å²) in [5, 5.41) is 6.13. The Hall–Kier alpha value is -2.71. The Labute approximate surface area is 159 Å². The molecule has 0 atom stereocenters. The molecular weight excluding hydrogens is 364 g/mol. The highest BCUT2D eigenvalue weighted by atomic mass is 32.2. The van der Waals surface area contributed by atoms with E-state index in [0.29, 0.717) is 12.1 Å². The molecule has 0 fully saturated rings. The third-order valence-corrected chi connectivity index (χ3v) is 5.54. The summed E-state index contributed by atoms with van der Waals surface area (Å²) in [6.45, 7) is 3.49. The molecule has 8 heteroatoms. The summed E-state index contributed by atoms with van der Waals surface area (Å²) in [6, 6.07) is 14.2. The van der Waals surface area contributed by atoms with Crippen molar-refractivity contribution in [3.8, 4) is 0 Å². The van der Waals surface area contributed by atoms with E-state index in [1.54, 1.807) is 30.1 Å². The zero-order valence-corrected chi connectivity index (χ0v) is 16.1. The van der Waals surface area contributed by atoms with E-state index in [2.05, 4.69) is 15.0 Å². The van der Waals surface area contributed by atoms with Crippen LogP contribution in [0, 0.1) is 0 Å². The number of amidine groups is 1. The molecule has 0 aromatic heterocycles. The van der Waals surface area contributed by atoms with Crippen LogP contribution in [0.4, 0.5) is 5.69 Å². The van der Waals surface area contributed by atoms with E-state index in [1.165, 1.54) is 6.07 Å². The van der Waals surface area contributed by atoms with Crippen LogP contribution in [0.1, 0.15) is 18.1 Å². The van der Waals surface area contributed by atoms with Crippen molar-refractivity contribution >= 4 is 27.5 Å². The van der Waals surface area contributed by atoms with E-state index in [9.17, 15) is 13.2 Å². The molecule has 2 aromatic carbocycles. The molecule has 2 aromatic rings. The molecule has 1 aliphatic rings. The van der Waals surface area contributed by atoms with E-state index in [-0.39, 0.29) is 23.2 Å². The molecule has 27 heavy (non-hydrogen) atoms. The summed E-state index contributed by atoms with van der Waals surface area (Å²) < 4.78 is 28.2. The van der Waals surface area contributed by atoms with Gasteiger partial charge in [-0.1, -0.05) is 37.3 Å². The Morgan fingerprint density at radius 2 is 1.81 bits per heavy atom. The molecule has 1 heterocycles. The quantitative estimate of drug-likeness (QED) is 0.790. The lowest BCUT2D eigenvalue weighted by molar-refractivity contribution is -0.116. The molecule has 1 aliphatic heterocycles. The lowest BCUT2D eigenvalue weighted by Gasteiger charge is -2.19. The normalized spacial score (nSPS) is 14.4. The molecule has 3 rings (SSSR count). The smallest absolute Gasteiger partial charge is 0.285 e. The number of fused-ring (bicyclic) bond motifs is 1. The first-order valence-electron chi connectivity index (χ1n) is 8.66. The first-order chi connectivity index (χ1) is 12.9. The van der Waals surface area contributed by atoms with Gasteiger partial charge in [-0.05, 0) is 30.3 Å². The standard InChI is InChI=1S/C19H22N4O3S/c1-3-20-12-14-8-4-6-10-16(14)21-18(24)13-23(2)19-15-9-5-7-11-17(15)27(25,26)22-19/h4-11,20H,3,12-13H2,1-2H3,(H,21,24). The average molecular weight is 386 g/mol. The summed E-state index contributed by atoms with van der Waals surface area (Å²) in [4.78, 5) is 14.2. The fourth-order valence-electron chi connectivity index (χ4n) is 2.90. The molecule has 0 aliphatic carbocycles. The van der Waals surface area contributed by atoms with Crippen LogP contribution in [0.2, 0.25) is 0 Å². The fourth-order valence-corrected chi connectivity index (χ4v) is 4.15. The number of sulfonamides is 1. The molecule has 142 valence electrons. The first kappa shape index (κ1) is 19.1. The van der Waals surface area contributed by atoms with Crippen molar-refractivity contribution in [3.63, 3.8) is 0 Å². The van der Waals surface area contributed by atoms with Crippen molar-refractivity contribution in [2.45, 2.75) is 18.4 Å². The number of hydrogen-bond acceptors (Lipinski definition) is 5. The molecule has 0 radical (unpaired) electrons. The van der Waals surface area contributed by atoms with Crippen molar-refractivity contribution in [1.29, 1.82) is 0 Å². The minimum atomic E-state index is -3.71. The number of nitrogens with one attached hydrogen (secondary N) is 2. The molecule has 0 unspecified atom stereocenters. The Balaban J connectivity index is 1.73. The molecule has 2 N–H and O–H groups in total. The second-order valence-electron chi connectivity index (χ2n) is 6.23. The van der Waals surface area contributed by atoms with E-state index in [1.807, 2.05) is 31.2 Å². The largest absolute Gasteiger partial charge is 0.349 e. The van der Waals surface area contributed by atoms with Crippen LogP contribution in [0.25, 0.3) is 0 Å². The van der Waals surface area contributed by atoms with E-state index in [0.717, 1.165) is 17.8 Å². The van der Waals surface area contributed by atoms with Crippen LogP contribution < -0.4 is 10.6 Å². The van der Waals surface area contributed by atoms with Crippen LogP contribution in [-0.4, -0.2) is 45.2 Å². The Bertz CT molecular complexity index is 986. The van der Waals surface area contributed by atoms with E-state index < -0.39 is 10.0 Å². The SMILES string of the molecule is CCNCc1ccccc1NC(=O)CN(C)C1=NS(=O)(=O)c2ccccc21. The summed E-state index contributed by atoms with van der Waals surface area (Å²) >= 11 is 0. The van der Waals surface area contributed by atoms with Gasteiger partial charge >= 0.3 is 0 Å². The maximum atomic E-state index is 12.5. The Kier molecular flexibility index (Phi) is 5.57. The van der Waals surface area contributed by atoms with Crippen LogP contribution in [0.5, 0.6) is 0 Å². The van der Waals surface area contributed by atoms with Gasteiger partial charge in [0.1, 0.15) is 4.90 Å². The average Bonchev–Trinajstić information content (AvgIpc) is 2.93. The predicted octanol–water partition coefficient (Wildman–Crippen LogP) is 1.82.